The molecular weight excluding hydrogens is 338 g/mol. The molecule has 0 unspecified atom stereocenters. The Morgan fingerprint density at radius 1 is 0.815 bits per heavy atom. The van der Waals surface area contributed by atoms with E-state index in [-0.39, 0.29) is 11.2 Å². The monoisotopic (exact) mass is 359 g/mol. The number of hydrogen-bond acceptors (Lipinski definition) is 2. The molecule has 4 aromatic rings. The highest BCUT2D eigenvalue weighted by Gasteiger charge is 2.20. The van der Waals surface area contributed by atoms with E-state index >= 15 is 0 Å². The number of benzene rings is 2. The number of nitrogens with zero attached hydrogens (tertiary/aromatic N) is 3. The van der Waals surface area contributed by atoms with Crippen molar-refractivity contribution in [2.45, 2.75) is 13.8 Å². The van der Waals surface area contributed by atoms with Crippen LogP contribution < -0.4 is 11.2 Å². The van der Waals surface area contributed by atoms with Gasteiger partial charge < -0.3 is 4.57 Å². The minimum Gasteiger partial charge on any atom is -0.314 e. The minimum absolute atomic E-state index is 0.282. The second-order valence-electron chi connectivity index (χ2n) is 7.02. The third-order valence-corrected chi connectivity index (χ3v) is 5.04. The predicted molar refractivity (Wildman–Crippen MR) is 109 cm³/mol. The summed E-state index contributed by atoms with van der Waals surface area (Å²) in [4.78, 5) is 25.4. The first-order chi connectivity index (χ1) is 12.9. The highest BCUT2D eigenvalue weighted by molar-refractivity contribution is 5.94. The zero-order chi connectivity index (χ0) is 19.3. The molecule has 4 rings (SSSR count). The van der Waals surface area contributed by atoms with E-state index in [9.17, 15) is 9.59 Å². The molecule has 2 aromatic heterocycles. The lowest BCUT2D eigenvalue weighted by Crippen LogP contribution is -2.36. The van der Waals surface area contributed by atoms with Gasteiger partial charge in [-0.15, -0.1) is 0 Å². The summed E-state index contributed by atoms with van der Waals surface area (Å²) in [7, 11) is 3.22. The van der Waals surface area contributed by atoms with E-state index in [0.717, 1.165) is 28.1 Å². The van der Waals surface area contributed by atoms with Gasteiger partial charge >= 0.3 is 5.69 Å². The van der Waals surface area contributed by atoms with Gasteiger partial charge in [0.15, 0.2) is 0 Å². The summed E-state index contributed by atoms with van der Waals surface area (Å²) in [5.41, 5.74) is 4.98. The molecule has 0 amide bonds. The molecule has 0 saturated heterocycles. The average molecular weight is 359 g/mol. The van der Waals surface area contributed by atoms with Gasteiger partial charge in [0.05, 0.1) is 16.6 Å². The fourth-order valence-corrected chi connectivity index (χ4v) is 3.53. The SMILES string of the molecule is Cc1ccc(-n2cc3c(c2-c2cccc(C)c2)c(=O)n(C)c(=O)n3C)cc1. The highest BCUT2D eigenvalue weighted by atomic mass is 16.2. The lowest BCUT2D eigenvalue weighted by atomic mass is 10.1. The molecule has 0 aliphatic carbocycles. The van der Waals surface area contributed by atoms with E-state index in [2.05, 4.69) is 6.07 Å². The van der Waals surface area contributed by atoms with Crippen LogP contribution in [0.1, 0.15) is 11.1 Å². The summed E-state index contributed by atoms with van der Waals surface area (Å²) < 4.78 is 4.70. The zero-order valence-electron chi connectivity index (χ0n) is 15.9. The molecule has 0 aliphatic heterocycles. The summed E-state index contributed by atoms with van der Waals surface area (Å²) in [5, 5.41) is 0.547. The Morgan fingerprint density at radius 3 is 2.19 bits per heavy atom. The first-order valence-corrected chi connectivity index (χ1v) is 8.83. The predicted octanol–water partition coefficient (Wildman–Crippen LogP) is 3.31. The highest BCUT2D eigenvalue weighted by Crippen LogP contribution is 2.31. The Kier molecular flexibility index (Phi) is 3.88. The molecule has 0 atom stereocenters. The Morgan fingerprint density at radius 2 is 1.52 bits per heavy atom. The normalized spacial score (nSPS) is 11.3. The van der Waals surface area contributed by atoms with Crippen LogP contribution in [0.4, 0.5) is 0 Å². The van der Waals surface area contributed by atoms with Crippen LogP contribution in [0.2, 0.25) is 0 Å². The van der Waals surface area contributed by atoms with Crippen LogP contribution >= 0.6 is 0 Å². The van der Waals surface area contributed by atoms with E-state index in [1.807, 2.05) is 67.1 Å². The molecule has 0 fully saturated rings. The maximum absolute atomic E-state index is 13.0. The first kappa shape index (κ1) is 17.1. The molecule has 0 saturated carbocycles. The second kappa shape index (κ2) is 6.13. The molecule has 2 aromatic carbocycles. The van der Waals surface area contributed by atoms with Crippen LogP contribution in [-0.4, -0.2) is 13.7 Å². The van der Waals surface area contributed by atoms with Crippen LogP contribution in [0.5, 0.6) is 0 Å². The summed E-state index contributed by atoms with van der Waals surface area (Å²) in [6.07, 6.45) is 1.88. The van der Waals surface area contributed by atoms with Crippen LogP contribution in [0.25, 0.3) is 27.8 Å². The molecule has 27 heavy (non-hydrogen) atoms. The number of fused-ring (bicyclic) bond motifs is 1. The molecule has 2 heterocycles. The lowest BCUT2D eigenvalue weighted by Gasteiger charge is -2.11. The van der Waals surface area contributed by atoms with Crippen molar-refractivity contribution in [3.8, 4) is 16.9 Å². The minimum atomic E-state index is -0.329. The van der Waals surface area contributed by atoms with E-state index < -0.39 is 0 Å². The molecule has 5 nitrogen and oxygen atoms in total. The van der Waals surface area contributed by atoms with Gasteiger partial charge in [0, 0.05) is 26.0 Å². The van der Waals surface area contributed by atoms with Gasteiger partial charge in [-0.1, -0.05) is 41.5 Å². The van der Waals surface area contributed by atoms with Crippen molar-refractivity contribution >= 4 is 10.9 Å². The quantitative estimate of drug-likeness (QED) is 0.551. The van der Waals surface area contributed by atoms with Crippen molar-refractivity contribution in [2.75, 3.05) is 0 Å². The fraction of sp³-hybridized carbons (Fsp3) is 0.182. The Hall–Kier alpha value is -3.34. The third kappa shape index (κ3) is 2.63. The van der Waals surface area contributed by atoms with Gasteiger partial charge in [-0.2, -0.15) is 0 Å². The van der Waals surface area contributed by atoms with Gasteiger partial charge in [0.2, 0.25) is 0 Å². The van der Waals surface area contributed by atoms with Crippen LogP contribution in [0.15, 0.2) is 64.3 Å². The Balaban J connectivity index is 2.21. The van der Waals surface area contributed by atoms with Crippen molar-refractivity contribution in [1.82, 2.24) is 13.7 Å². The molecule has 0 bridgehead atoms. The molecule has 0 spiro atoms. The van der Waals surface area contributed by atoms with Gasteiger partial charge in [0.1, 0.15) is 0 Å². The van der Waals surface area contributed by atoms with Crippen LogP contribution in [0.3, 0.4) is 0 Å². The summed E-state index contributed by atoms with van der Waals surface area (Å²) >= 11 is 0. The smallest absolute Gasteiger partial charge is 0.314 e. The molecule has 0 radical (unpaired) electrons. The summed E-state index contributed by atoms with van der Waals surface area (Å²) in [5.74, 6) is 0. The van der Waals surface area contributed by atoms with Crippen molar-refractivity contribution in [3.63, 3.8) is 0 Å². The maximum atomic E-state index is 13.0. The maximum Gasteiger partial charge on any atom is 0.330 e. The molecule has 0 aliphatic rings. The van der Waals surface area contributed by atoms with Crippen molar-refractivity contribution in [2.24, 2.45) is 14.1 Å². The van der Waals surface area contributed by atoms with E-state index in [1.165, 1.54) is 16.2 Å². The number of hydrogen-bond donors (Lipinski definition) is 0. The topological polar surface area (TPSA) is 48.9 Å². The third-order valence-electron chi connectivity index (χ3n) is 5.04. The molecule has 136 valence electrons. The van der Waals surface area contributed by atoms with Crippen molar-refractivity contribution in [1.29, 1.82) is 0 Å². The lowest BCUT2D eigenvalue weighted by molar-refractivity contribution is 0.714. The van der Waals surface area contributed by atoms with Crippen molar-refractivity contribution in [3.05, 3.63) is 86.7 Å². The van der Waals surface area contributed by atoms with E-state index in [4.69, 9.17) is 0 Å². The zero-order valence-corrected chi connectivity index (χ0v) is 15.9. The summed E-state index contributed by atoms with van der Waals surface area (Å²) in [6, 6.07) is 16.2. The van der Waals surface area contributed by atoms with E-state index in [1.54, 1.807) is 7.05 Å². The van der Waals surface area contributed by atoms with Crippen LogP contribution in [0, 0.1) is 13.8 Å². The van der Waals surface area contributed by atoms with Gasteiger partial charge in [-0.3, -0.25) is 13.9 Å². The number of aromatic nitrogens is 3. The van der Waals surface area contributed by atoms with Gasteiger partial charge in [-0.25, -0.2) is 4.79 Å². The first-order valence-electron chi connectivity index (χ1n) is 8.83. The fourth-order valence-electron chi connectivity index (χ4n) is 3.53. The largest absolute Gasteiger partial charge is 0.330 e. The summed E-state index contributed by atoms with van der Waals surface area (Å²) in [6.45, 7) is 4.07. The average Bonchev–Trinajstić information content (AvgIpc) is 3.06. The van der Waals surface area contributed by atoms with Gasteiger partial charge in [0.25, 0.3) is 5.56 Å². The van der Waals surface area contributed by atoms with E-state index in [0.29, 0.717) is 10.9 Å². The second-order valence-corrected chi connectivity index (χ2v) is 7.02. The number of rotatable bonds is 2. The van der Waals surface area contributed by atoms with Gasteiger partial charge in [-0.05, 0) is 37.6 Å². The number of aryl methyl sites for hydroxylation is 3. The Labute approximate surface area is 156 Å². The standard InChI is InChI=1S/C22H21N3O2/c1-14-8-10-17(11-9-14)25-13-18-19(21(26)24(4)22(27)23(18)3)20(25)16-7-5-6-15(2)12-16/h5-13H,1-4H3. The van der Waals surface area contributed by atoms with Crippen LogP contribution in [-0.2, 0) is 14.1 Å². The molecule has 0 N–H and O–H groups in total. The molecular formula is C22H21N3O2. The van der Waals surface area contributed by atoms with Crippen molar-refractivity contribution < 1.29 is 0 Å². The molecule has 5 heteroatoms. The Bertz CT molecular complexity index is 1290.